The van der Waals surface area contributed by atoms with Crippen LogP contribution >= 0.6 is 23.2 Å². The molecule has 1 atom stereocenters. The third kappa shape index (κ3) is 3.64. The molecule has 2 aromatic rings. The van der Waals surface area contributed by atoms with E-state index in [0.717, 1.165) is 5.56 Å². The summed E-state index contributed by atoms with van der Waals surface area (Å²) in [5.74, 6) is 0.603. The molecule has 0 heterocycles. The number of aliphatic hydroxyl groups is 1. The monoisotopic (exact) mass is 327 g/mol. The van der Waals surface area contributed by atoms with Crippen molar-refractivity contribution >= 4 is 28.9 Å². The summed E-state index contributed by atoms with van der Waals surface area (Å²) in [5.41, 5.74) is 0.532. The molecule has 21 heavy (non-hydrogen) atoms. The van der Waals surface area contributed by atoms with Crippen LogP contribution in [-0.2, 0) is 0 Å². The molecule has 0 saturated carbocycles. The van der Waals surface area contributed by atoms with E-state index in [-0.39, 0.29) is 21.5 Å². The zero-order valence-electron chi connectivity index (χ0n) is 10.9. The highest BCUT2D eigenvalue weighted by Crippen LogP contribution is 2.39. The highest BCUT2D eigenvalue weighted by atomic mass is 35.5. The number of nitro benzene ring substituents is 1. The number of ether oxygens (including phenoxy) is 1. The van der Waals surface area contributed by atoms with Crippen LogP contribution in [0.3, 0.4) is 0 Å². The minimum atomic E-state index is -0.584. The van der Waals surface area contributed by atoms with Crippen molar-refractivity contribution in [2.45, 2.75) is 13.0 Å². The fraction of sp³-hybridized carbons (Fsp3) is 0.143. The molecule has 0 amide bonds. The van der Waals surface area contributed by atoms with Crippen LogP contribution in [0.5, 0.6) is 11.5 Å². The molecule has 0 aliphatic carbocycles. The lowest BCUT2D eigenvalue weighted by atomic mass is 10.1. The topological polar surface area (TPSA) is 72.6 Å². The maximum absolute atomic E-state index is 10.7. The Kier molecular flexibility index (Phi) is 4.67. The van der Waals surface area contributed by atoms with Crippen LogP contribution in [0, 0.1) is 10.1 Å². The molecule has 0 aromatic heterocycles. The van der Waals surface area contributed by atoms with Gasteiger partial charge in [-0.25, -0.2) is 0 Å². The Bertz CT molecular complexity index is 648. The molecule has 0 radical (unpaired) electrons. The molecule has 0 aliphatic rings. The lowest BCUT2D eigenvalue weighted by Gasteiger charge is -2.10. The Morgan fingerprint density at radius 1 is 1.19 bits per heavy atom. The highest BCUT2D eigenvalue weighted by molar-refractivity contribution is 6.37. The van der Waals surface area contributed by atoms with Crippen molar-refractivity contribution in [1.82, 2.24) is 0 Å². The summed E-state index contributed by atoms with van der Waals surface area (Å²) in [6.07, 6.45) is -0.578. The zero-order chi connectivity index (χ0) is 15.6. The highest BCUT2D eigenvalue weighted by Gasteiger charge is 2.16. The van der Waals surface area contributed by atoms with E-state index in [0.29, 0.717) is 5.75 Å². The summed E-state index contributed by atoms with van der Waals surface area (Å²) in [6.45, 7) is 1.65. The Labute approximate surface area is 130 Å². The normalized spacial score (nSPS) is 12.0. The molecule has 5 nitrogen and oxygen atoms in total. The second-order valence-corrected chi connectivity index (χ2v) is 5.16. The quantitative estimate of drug-likeness (QED) is 0.649. The standard InChI is InChI=1S/C14H11Cl2NO4/c1-8(18)9-2-4-11(5-3-9)21-14-12(15)6-10(17(19)20)7-13(14)16/h2-8,18H,1H3/t8-/m0/s1. The number of halogens is 2. The largest absolute Gasteiger partial charge is 0.454 e. The summed E-state index contributed by atoms with van der Waals surface area (Å²) in [6, 6.07) is 9.05. The summed E-state index contributed by atoms with van der Waals surface area (Å²) in [7, 11) is 0. The van der Waals surface area contributed by atoms with Crippen molar-refractivity contribution in [2.75, 3.05) is 0 Å². The van der Waals surface area contributed by atoms with Crippen LogP contribution in [0.25, 0.3) is 0 Å². The van der Waals surface area contributed by atoms with Gasteiger partial charge in [-0.3, -0.25) is 10.1 Å². The SMILES string of the molecule is C[C@H](O)c1ccc(Oc2c(Cl)cc([N+](=O)[O-])cc2Cl)cc1. The molecule has 0 aliphatic heterocycles. The van der Waals surface area contributed by atoms with E-state index in [1.165, 1.54) is 12.1 Å². The molecule has 0 bridgehead atoms. The molecule has 0 fully saturated rings. The first-order chi connectivity index (χ1) is 9.88. The van der Waals surface area contributed by atoms with Gasteiger partial charge in [0.1, 0.15) is 5.75 Å². The lowest BCUT2D eigenvalue weighted by molar-refractivity contribution is -0.384. The van der Waals surface area contributed by atoms with Crippen LogP contribution in [0.15, 0.2) is 36.4 Å². The van der Waals surface area contributed by atoms with E-state index in [4.69, 9.17) is 27.9 Å². The molecule has 2 rings (SSSR count). The van der Waals surface area contributed by atoms with E-state index in [1.807, 2.05) is 0 Å². The van der Waals surface area contributed by atoms with Crippen molar-refractivity contribution in [3.8, 4) is 11.5 Å². The minimum Gasteiger partial charge on any atom is -0.454 e. The van der Waals surface area contributed by atoms with Crippen molar-refractivity contribution in [3.63, 3.8) is 0 Å². The summed E-state index contributed by atoms with van der Waals surface area (Å²) in [4.78, 5) is 10.1. The Morgan fingerprint density at radius 2 is 1.71 bits per heavy atom. The molecule has 1 N–H and O–H groups in total. The van der Waals surface area contributed by atoms with Crippen LogP contribution < -0.4 is 4.74 Å². The first-order valence-corrected chi connectivity index (χ1v) is 6.73. The van der Waals surface area contributed by atoms with Crippen LogP contribution in [-0.4, -0.2) is 10.0 Å². The number of nitrogens with zero attached hydrogens (tertiary/aromatic N) is 1. The van der Waals surface area contributed by atoms with Gasteiger partial charge < -0.3 is 9.84 Å². The number of rotatable bonds is 4. The van der Waals surface area contributed by atoms with E-state index in [2.05, 4.69) is 0 Å². The maximum Gasteiger partial charge on any atom is 0.272 e. The molecular weight excluding hydrogens is 317 g/mol. The van der Waals surface area contributed by atoms with Gasteiger partial charge in [0.15, 0.2) is 5.75 Å². The number of aliphatic hydroxyl groups excluding tert-OH is 1. The molecule has 7 heteroatoms. The second-order valence-electron chi connectivity index (χ2n) is 4.34. The Balaban J connectivity index is 2.29. The van der Waals surface area contributed by atoms with Crippen molar-refractivity contribution in [3.05, 3.63) is 62.1 Å². The van der Waals surface area contributed by atoms with Gasteiger partial charge in [-0.15, -0.1) is 0 Å². The molecule has 0 unspecified atom stereocenters. The van der Waals surface area contributed by atoms with Gasteiger partial charge in [-0.2, -0.15) is 0 Å². The molecule has 0 spiro atoms. The van der Waals surface area contributed by atoms with E-state index >= 15 is 0 Å². The first-order valence-electron chi connectivity index (χ1n) is 5.98. The Hall–Kier alpha value is -1.82. The predicted octanol–water partition coefficient (Wildman–Crippen LogP) is 4.75. The fourth-order valence-electron chi connectivity index (χ4n) is 1.68. The number of hydrogen-bond acceptors (Lipinski definition) is 4. The fourth-order valence-corrected chi connectivity index (χ4v) is 2.23. The Morgan fingerprint density at radius 3 is 2.14 bits per heavy atom. The van der Waals surface area contributed by atoms with Crippen LogP contribution in [0.2, 0.25) is 10.0 Å². The van der Waals surface area contributed by atoms with Crippen molar-refractivity contribution in [2.24, 2.45) is 0 Å². The zero-order valence-corrected chi connectivity index (χ0v) is 12.4. The van der Waals surface area contributed by atoms with Gasteiger partial charge in [0.05, 0.1) is 21.1 Å². The molecule has 110 valence electrons. The number of benzene rings is 2. The third-order valence-electron chi connectivity index (χ3n) is 2.78. The van der Waals surface area contributed by atoms with E-state index < -0.39 is 11.0 Å². The van der Waals surface area contributed by atoms with E-state index in [9.17, 15) is 15.2 Å². The van der Waals surface area contributed by atoms with Crippen LogP contribution in [0.4, 0.5) is 5.69 Å². The number of hydrogen-bond donors (Lipinski definition) is 1. The maximum atomic E-state index is 10.7. The lowest BCUT2D eigenvalue weighted by Crippen LogP contribution is -1.93. The van der Waals surface area contributed by atoms with Gasteiger partial charge in [-0.05, 0) is 24.6 Å². The average molecular weight is 328 g/mol. The summed E-state index contributed by atoms with van der Waals surface area (Å²) >= 11 is 11.9. The molecule has 0 saturated heterocycles. The van der Waals surface area contributed by atoms with Gasteiger partial charge in [-0.1, -0.05) is 35.3 Å². The predicted molar refractivity (Wildman–Crippen MR) is 80.3 cm³/mol. The summed E-state index contributed by atoms with van der Waals surface area (Å²) in [5, 5.41) is 20.2. The minimum absolute atomic E-state index is 0.0498. The van der Waals surface area contributed by atoms with Crippen LogP contribution in [0.1, 0.15) is 18.6 Å². The summed E-state index contributed by atoms with van der Waals surface area (Å²) < 4.78 is 5.54. The first kappa shape index (κ1) is 15.6. The van der Waals surface area contributed by atoms with Gasteiger partial charge in [0.2, 0.25) is 0 Å². The van der Waals surface area contributed by atoms with Gasteiger partial charge >= 0.3 is 0 Å². The smallest absolute Gasteiger partial charge is 0.272 e. The van der Waals surface area contributed by atoms with Gasteiger partial charge in [0.25, 0.3) is 5.69 Å². The molecule has 2 aromatic carbocycles. The van der Waals surface area contributed by atoms with Gasteiger partial charge in [0, 0.05) is 12.1 Å². The van der Waals surface area contributed by atoms with Crippen molar-refractivity contribution < 1.29 is 14.8 Å². The third-order valence-corrected chi connectivity index (χ3v) is 3.34. The number of nitro groups is 1. The second kappa shape index (κ2) is 6.30. The number of non-ortho nitro benzene ring substituents is 1. The molecular formula is C14H11Cl2NO4. The van der Waals surface area contributed by atoms with E-state index in [1.54, 1.807) is 31.2 Å². The average Bonchev–Trinajstić information content (AvgIpc) is 2.43. The van der Waals surface area contributed by atoms with Crippen molar-refractivity contribution in [1.29, 1.82) is 0 Å².